The lowest BCUT2D eigenvalue weighted by Gasteiger charge is -2.12. The number of hydrogen-bond donors (Lipinski definition) is 0. The maximum absolute atomic E-state index is 11.9. The van der Waals surface area contributed by atoms with Gasteiger partial charge in [0.05, 0.1) is 13.2 Å². The predicted molar refractivity (Wildman–Crippen MR) is 92.5 cm³/mol. The topological polar surface area (TPSA) is 35.5 Å². The molecule has 0 unspecified atom stereocenters. The summed E-state index contributed by atoms with van der Waals surface area (Å²) in [7, 11) is 1.50. The second-order valence-electron chi connectivity index (χ2n) is 6.74. The molecule has 0 N–H and O–H groups in total. The van der Waals surface area contributed by atoms with Gasteiger partial charge in [-0.1, -0.05) is 52.2 Å². The fraction of sp³-hybridized carbons (Fsp3) is 0.737. The monoisotopic (exact) mass is 310 g/mol. The Morgan fingerprint density at radius 3 is 2.23 bits per heavy atom. The van der Waals surface area contributed by atoms with Gasteiger partial charge in [0.25, 0.3) is 0 Å². The summed E-state index contributed by atoms with van der Waals surface area (Å²) in [5.74, 6) is 1.34. The van der Waals surface area contributed by atoms with E-state index in [0.717, 1.165) is 17.9 Å². The summed E-state index contributed by atoms with van der Waals surface area (Å²) in [6.45, 7) is 12.3. The molecular weight excluding hydrogens is 276 g/mol. The molecule has 0 spiro atoms. The Kier molecular flexibility index (Phi) is 10.7. The normalized spacial score (nSPS) is 14.4. The number of carbonyl (C=O) groups excluding carboxylic acids is 1. The van der Waals surface area contributed by atoms with Gasteiger partial charge in [-0.05, 0) is 44.6 Å². The zero-order valence-electron chi connectivity index (χ0n) is 15.4. The first-order chi connectivity index (χ1) is 10.3. The van der Waals surface area contributed by atoms with Crippen molar-refractivity contribution < 1.29 is 14.3 Å². The van der Waals surface area contributed by atoms with Crippen LogP contribution in [0.3, 0.4) is 0 Å². The quantitative estimate of drug-likeness (QED) is 0.239. The van der Waals surface area contributed by atoms with Crippen LogP contribution < -0.4 is 0 Å². The van der Waals surface area contributed by atoms with Crippen LogP contribution in [0.5, 0.6) is 0 Å². The van der Waals surface area contributed by atoms with Crippen molar-refractivity contribution in [2.75, 3.05) is 7.11 Å². The van der Waals surface area contributed by atoms with Crippen LogP contribution in [0.25, 0.3) is 0 Å². The van der Waals surface area contributed by atoms with Crippen molar-refractivity contribution in [2.45, 2.75) is 73.3 Å². The summed E-state index contributed by atoms with van der Waals surface area (Å²) >= 11 is 0. The molecule has 0 aromatic carbocycles. The number of ether oxygens (including phenoxy) is 2. The third kappa shape index (κ3) is 9.64. The van der Waals surface area contributed by atoms with Crippen LogP contribution in [0.2, 0.25) is 0 Å². The number of rotatable bonds is 10. The Bertz CT molecular complexity index is 378. The van der Waals surface area contributed by atoms with Gasteiger partial charge in [-0.25, -0.2) is 4.79 Å². The van der Waals surface area contributed by atoms with E-state index in [0.29, 0.717) is 5.92 Å². The van der Waals surface area contributed by atoms with Gasteiger partial charge >= 0.3 is 5.97 Å². The van der Waals surface area contributed by atoms with Crippen molar-refractivity contribution in [3.05, 3.63) is 23.5 Å². The number of hydrogen-bond acceptors (Lipinski definition) is 3. The molecule has 0 bridgehead atoms. The van der Waals surface area contributed by atoms with Gasteiger partial charge < -0.3 is 9.47 Å². The van der Waals surface area contributed by atoms with Gasteiger partial charge in [0.15, 0.2) is 0 Å². The zero-order valence-corrected chi connectivity index (χ0v) is 15.4. The fourth-order valence-corrected chi connectivity index (χ4v) is 2.22. The largest absolute Gasteiger partial charge is 0.490 e. The number of esters is 1. The SMILES string of the molecule is COC(C(=O)OC(C)C)=C(C)C=CC[C@@H](C)CCCC(C)C. The van der Waals surface area contributed by atoms with Crippen LogP contribution in [0.1, 0.15) is 67.2 Å². The molecule has 0 heterocycles. The number of allylic oxidation sites excluding steroid dienone is 3. The summed E-state index contributed by atoms with van der Waals surface area (Å²) in [4.78, 5) is 11.9. The van der Waals surface area contributed by atoms with Gasteiger partial charge in [-0.2, -0.15) is 0 Å². The van der Waals surface area contributed by atoms with Crippen LogP contribution in [0.4, 0.5) is 0 Å². The zero-order chi connectivity index (χ0) is 17.1. The molecule has 0 rings (SSSR count). The Balaban J connectivity index is 4.43. The van der Waals surface area contributed by atoms with E-state index in [9.17, 15) is 4.79 Å². The fourth-order valence-electron chi connectivity index (χ4n) is 2.22. The highest BCUT2D eigenvalue weighted by Crippen LogP contribution is 2.17. The van der Waals surface area contributed by atoms with Gasteiger partial charge in [0.2, 0.25) is 5.76 Å². The molecule has 0 saturated carbocycles. The minimum absolute atomic E-state index is 0.143. The molecule has 0 saturated heterocycles. The van der Waals surface area contributed by atoms with Crippen molar-refractivity contribution in [2.24, 2.45) is 11.8 Å². The van der Waals surface area contributed by atoms with Crippen molar-refractivity contribution >= 4 is 5.97 Å². The summed E-state index contributed by atoms with van der Waals surface area (Å²) in [6, 6.07) is 0. The van der Waals surface area contributed by atoms with Crippen molar-refractivity contribution in [1.29, 1.82) is 0 Å². The lowest BCUT2D eigenvalue weighted by molar-refractivity contribution is -0.146. The molecular formula is C19H34O3. The lowest BCUT2D eigenvalue weighted by Crippen LogP contribution is -2.15. The molecule has 128 valence electrons. The molecule has 3 nitrogen and oxygen atoms in total. The highest BCUT2D eigenvalue weighted by Gasteiger charge is 2.15. The Hall–Kier alpha value is -1.25. The third-order valence-electron chi connectivity index (χ3n) is 3.48. The molecule has 22 heavy (non-hydrogen) atoms. The van der Waals surface area contributed by atoms with E-state index in [1.807, 2.05) is 26.8 Å². The Morgan fingerprint density at radius 1 is 1.09 bits per heavy atom. The summed E-state index contributed by atoms with van der Waals surface area (Å²) in [5, 5.41) is 0. The van der Waals surface area contributed by atoms with Crippen molar-refractivity contribution in [1.82, 2.24) is 0 Å². The Morgan fingerprint density at radius 2 is 1.73 bits per heavy atom. The van der Waals surface area contributed by atoms with E-state index in [1.54, 1.807) is 0 Å². The highest BCUT2D eigenvalue weighted by molar-refractivity contribution is 5.87. The van der Waals surface area contributed by atoms with Crippen molar-refractivity contribution in [3.8, 4) is 0 Å². The van der Waals surface area contributed by atoms with Gasteiger partial charge in [-0.15, -0.1) is 0 Å². The van der Waals surface area contributed by atoms with Gasteiger partial charge in [-0.3, -0.25) is 0 Å². The summed E-state index contributed by atoms with van der Waals surface area (Å²) in [5.41, 5.74) is 0.808. The molecule has 0 aliphatic heterocycles. The molecule has 0 aromatic heterocycles. The second kappa shape index (κ2) is 11.3. The van der Waals surface area contributed by atoms with E-state index >= 15 is 0 Å². The lowest BCUT2D eigenvalue weighted by atomic mass is 9.97. The molecule has 0 fully saturated rings. The smallest absolute Gasteiger partial charge is 0.374 e. The molecule has 3 heteroatoms. The minimum Gasteiger partial charge on any atom is -0.490 e. The van der Waals surface area contributed by atoms with E-state index < -0.39 is 5.97 Å². The average Bonchev–Trinajstić information content (AvgIpc) is 2.38. The first-order valence-corrected chi connectivity index (χ1v) is 8.40. The number of carbonyl (C=O) groups is 1. The second-order valence-corrected chi connectivity index (χ2v) is 6.74. The maximum Gasteiger partial charge on any atom is 0.374 e. The maximum atomic E-state index is 11.9. The first-order valence-electron chi connectivity index (χ1n) is 8.40. The standard InChI is InChI=1S/C19H34O3/c1-14(2)10-8-11-16(5)12-9-13-17(6)18(21-7)19(20)22-15(3)4/h9,13-16H,8,10-12H2,1-7H3/t16-/m0/s1. The van der Waals surface area contributed by atoms with Crippen LogP contribution in [-0.2, 0) is 14.3 Å². The van der Waals surface area contributed by atoms with E-state index in [4.69, 9.17) is 9.47 Å². The van der Waals surface area contributed by atoms with E-state index in [2.05, 4.69) is 26.8 Å². The molecule has 0 aliphatic carbocycles. The van der Waals surface area contributed by atoms with Gasteiger partial charge in [0, 0.05) is 0 Å². The van der Waals surface area contributed by atoms with Gasteiger partial charge in [0.1, 0.15) is 0 Å². The first kappa shape index (κ1) is 20.8. The third-order valence-corrected chi connectivity index (χ3v) is 3.48. The number of methoxy groups -OCH3 is 1. The molecule has 0 amide bonds. The molecule has 0 aliphatic rings. The van der Waals surface area contributed by atoms with E-state index in [-0.39, 0.29) is 11.9 Å². The molecule has 1 atom stereocenters. The molecule has 0 aromatic rings. The van der Waals surface area contributed by atoms with Crippen molar-refractivity contribution in [3.63, 3.8) is 0 Å². The Labute approximate surface area is 136 Å². The van der Waals surface area contributed by atoms with Crippen LogP contribution in [-0.4, -0.2) is 19.2 Å². The average molecular weight is 310 g/mol. The van der Waals surface area contributed by atoms with Crippen LogP contribution in [0, 0.1) is 11.8 Å². The van der Waals surface area contributed by atoms with Crippen LogP contribution >= 0.6 is 0 Å². The summed E-state index contributed by atoms with van der Waals surface area (Å²) in [6.07, 6.45) is 8.78. The van der Waals surface area contributed by atoms with Crippen LogP contribution in [0.15, 0.2) is 23.5 Å². The predicted octanol–water partition coefficient (Wildman–Crippen LogP) is 5.27. The molecule has 0 radical (unpaired) electrons. The summed E-state index contributed by atoms with van der Waals surface area (Å²) < 4.78 is 10.3. The van der Waals surface area contributed by atoms with E-state index in [1.165, 1.54) is 26.4 Å². The minimum atomic E-state index is -0.398. The highest BCUT2D eigenvalue weighted by atomic mass is 16.6.